The van der Waals surface area contributed by atoms with Crippen molar-refractivity contribution >= 4 is 21.8 Å². The summed E-state index contributed by atoms with van der Waals surface area (Å²) in [6.45, 7) is 12.8. The minimum Gasteiger partial charge on any atom is -0.363 e. The van der Waals surface area contributed by atoms with Crippen LogP contribution >= 0.6 is 0 Å². The van der Waals surface area contributed by atoms with Gasteiger partial charge in [0, 0.05) is 0 Å². The van der Waals surface area contributed by atoms with Gasteiger partial charge >= 0.3 is 0 Å². The van der Waals surface area contributed by atoms with Crippen LogP contribution in [-0.4, -0.2) is 28.7 Å². The molecule has 3 aromatic carbocycles. The number of nitrogens with zero attached hydrogens (tertiary/aromatic N) is 2. The Bertz CT molecular complexity index is 1660. The number of aromatic nitrogens is 2. The molecule has 1 aromatic heterocycles. The molecule has 1 amide bonds. The molecule has 1 aliphatic rings. The van der Waals surface area contributed by atoms with E-state index in [1.165, 1.54) is 23.3 Å². The number of hydrogen-bond acceptors (Lipinski definition) is 5. The molecule has 9 heteroatoms. The van der Waals surface area contributed by atoms with Crippen LogP contribution in [0.5, 0.6) is 0 Å². The number of anilines is 1. The standard InChI is InChI=1S/C29H38N4O.C6H6O3S/c1-7-21-15-17-23(18-16-21)29(8-2,9-3)31-27(34)25-20(4)32-33-26(25)30-24(19-28(33,5)6)22-13-11-10-12-14-22;7-10(8,9)6-4-2-1-3-5-6/h10-18,24,30H,7-9,19H2,1-6H3,(H,31,34);1-5H,(H,7,8,9)/t24-;/m1./s1. The van der Waals surface area contributed by atoms with Gasteiger partial charge in [-0.3, -0.25) is 9.35 Å². The molecule has 0 aliphatic carbocycles. The van der Waals surface area contributed by atoms with E-state index in [2.05, 4.69) is 93.8 Å². The minimum absolute atomic E-state index is 0.0703. The van der Waals surface area contributed by atoms with Crippen molar-refractivity contribution in [2.45, 2.75) is 89.2 Å². The van der Waals surface area contributed by atoms with E-state index in [-0.39, 0.29) is 22.4 Å². The van der Waals surface area contributed by atoms with E-state index in [1.54, 1.807) is 18.2 Å². The monoisotopic (exact) mass is 616 g/mol. The van der Waals surface area contributed by atoms with Crippen LogP contribution in [-0.2, 0) is 27.6 Å². The molecule has 0 saturated heterocycles. The summed E-state index contributed by atoms with van der Waals surface area (Å²) in [7, 11) is -4.00. The first-order valence-electron chi connectivity index (χ1n) is 15.2. The highest BCUT2D eigenvalue weighted by Gasteiger charge is 2.39. The maximum absolute atomic E-state index is 13.9. The Morgan fingerprint density at radius 2 is 1.55 bits per heavy atom. The average molecular weight is 617 g/mol. The fraction of sp³-hybridized carbons (Fsp3) is 0.371. The lowest BCUT2D eigenvalue weighted by Crippen LogP contribution is -2.45. The highest BCUT2D eigenvalue weighted by atomic mass is 32.2. The Labute approximate surface area is 261 Å². The van der Waals surface area contributed by atoms with Crippen LogP contribution < -0.4 is 10.6 Å². The molecule has 3 N–H and O–H groups in total. The van der Waals surface area contributed by atoms with Crippen LogP contribution in [0.1, 0.15) is 92.7 Å². The Hall–Kier alpha value is -3.95. The van der Waals surface area contributed by atoms with Crippen molar-refractivity contribution in [1.82, 2.24) is 15.1 Å². The van der Waals surface area contributed by atoms with Crippen LogP contribution in [0.15, 0.2) is 89.8 Å². The summed E-state index contributed by atoms with van der Waals surface area (Å²) in [5, 5.41) is 11.9. The lowest BCUT2D eigenvalue weighted by atomic mass is 9.83. The second-order valence-electron chi connectivity index (χ2n) is 11.9. The van der Waals surface area contributed by atoms with Crippen molar-refractivity contribution in [3.05, 3.63) is 113 Å². The number of amides is 1. The van der Waals surface area contributed by atoms with E-state index >= 15 is 0 Å². The van der Waals surface area contributed by atoms with Crippen molar-refractivity contribution in [3.8, 4) is 0 Å². The number of rotatable bonds is 8. The molecule has 1 aliphatic heterocycles. The summed E-state index contributed by atoms with van der Waals surface area (Å²) in [5.74, 6) is 0.738. The number of benzene rings is 3. The number of aryl methyl sites for hydroxylation is 2. The smallest absolute Gasteiger partial charge is 0.294 e. The van der Waals surface area contributed by atoms with Crippen LogP contribution in [0.25, 0.3) is 0 Å². The van der Waals surface area contributed by atoms with Gasteiger partial charge in [0.15, 0.2) is 0 Å². The lowest BCUT2D eigenvalue weighted by molar-refractivity contribution is 0.0889. The normalized spacial score (nSPS) is 15.8. The van der Waals surface area contributed by atoms with Crippen LogP contribution in [0.4, 0.5) is 5.82 Å². The van der Waals surface area contributed by atoms with Gasteiger partial charge in [-0.2, -0.15) is 13.5 Å². The summed E-state index contributed by atoms with van der Waals surface area (Å²) in [4.78, 5) is 13.8. The van der Waals surface area contributed by atoms with Gasteiger partial charge in [-0.15, -0.1) is 0 Å². The zero-order chi connectivity index (χ0) is 32.1. The molecule has 8 nitrogen and oxygen atoms in total. The molecular formula is C35H44N4O4S. The predicted octanol–water partition coefficient (Wildman–Crippen LogP) is 7.42. The molecule has 4 aromatic rings. The molecule has 0 radical (unpaired) electrons. The topological polar surface area (TPSA) is 113 Å². The van der Waals surface area contributed by atoms with Gasteiger partial charge < -0.3 is 10.6 Å². The Balaban J connectivity index is 0.000000375. The van der Waals surface area contributed by atoms with Crippen LogP contribution in [0, 0.1) is 6.92 Å². The average Bonchev–Trinajstić information content (AvgIpc) is 3.37. The van der Waals surface area contributed by atoms with Crippen molar-refractivity contribution in [3.63, 3.8) is 0 Å². The van der Waals surface area contributed by atoms with E-state index in [4.69, 9.17) is 9.65 Å². The summed E-state index contributed by atoms with van der Waals surface area (Å²) in [6, 6.07) is 26.7. The van der Waals surface area contributed by atoms with Gasteiger partial charge in [0.2, 0.25) is 0 Å². The molecular weight excluding hydrogens is 572 g/mol. The largest absolute Gasteiger partial charge is 0.363 e. The molecule has 2 heterocycles. The van der Waals surface area contributed by atoms with Crippen LogP contribution in [0.2, 0.25) is 0 Å². The van der Waals surface area contributed by atoms with Crippen molar-refractivity contribution < 1.29 is 17.8 Å². The highest BCUT2D eigenvalue weighted by Crippen LogP contribution is 2.41. The van der Waals surface area contributed by atoms with Crippen LogP contribution in [0.3, 0.4) is 0 Å². The molecule has 234 valence electrons. The Morgan fingerprint density at radius 3 is 2.05 bits per heavy atom. The SMILES string of the molecule is CCc1ccc(C(CC)(CC)NC(=O)c2c(C)nn3c2N[C@@H](c2ccccc2)CC3(C)C)cc1.O=S(=O)(O)c1ccccc1. The van der Waals surface area contributed by atoms with E-state index in [0.29, 0.717) is 5.56 Å². The number of hydrogen-bond donors (Lipinski definition) is 3. The van der Waals surface area contributed by atoms with E-state index < -0.39 is 15.7 Å². The van der Waals surface area contributed by atoms with Gasteiger partial charge in [-0.1, -0.05) is 93.6 Å². The third-order valence-electron chi connectivity index (χ3n) is 8.59. The third-order valence-corrected chi connectivity index (χ3v) is 9.46. The fourth-order valence-electron chi connectivity index (χ4n) is 5.90. The quantitative estimate of drug-likeness (QED) is 0.178. The lowest BCUT2D eigenvalue weighted by Gasteiger charge is -2.38. The van der Waals surface area contributed by atoms with Gasteiger partial charge in [-0.25, -0.2) is 4.68 Å². The van der Waals surface area contributed by atoms with Gasteiger partial charge in [0.05, 0.1) is 27.7 Å². The van der Waals surface area contributed by atoms with Crippen molar-refractivity contribution in [1.29, 1.82) is 0 Å². The molecule has 0 saturated carbocycles. The number of carbonyl (C=O) groups excluding carboxylic acids is 1. The highest BCUT2D eigenvalue weighted by molar-refractivity contribution is 7.85. The maximum atomic E-state index is 13.9. The van der Waals surface area contributed by atoms with E-state index in [0.717, 1.165) is 42.8 Å². The number of fused-ring (bicyclic) bond motifs is 1. The molecule has 44 heavy (non-hydrogen) atoms. The third kappa shape index (κ3) is 7.05. The number of carbonyl (C=O) groups is 1. The van der Waals surface area contributed by atoms with Gasteiger partial charge in [0.25, 0.3) is 16.0 Å². The van der Waals surface area contributed by atoms with Gasteiger partial charge in [0.1, 0.15) is 11.4 Å². The van der Waals surface area contributed by atoms with E-state index in [9.17, 15) is 13.2 Å². The predicted molar refractivity (Wildman–Crippen MR) is 176 cm³/mol. The second-order valence-corrected chi connectivity index (χ2v) is 13.3. The summed E-state index contributed by atoms with van der Waals surface area (Å²) >= 11 is 0. The first-order valence-corrected chi connectivity index (χ1v) is 16.6. The van der Waals surface area contributed by atoms with E-state index in [1.807, 2.05) is 17.7 Å². The Kier molecular flexibility index (Phi) is 10.0. The zero-order valence-corrected chi connectivity index (χ0v) is 27.3. The van der Waals surface area contributed by atoms with Crippen molar-refractivity contribution in [2.24, 2.45) is 0 Å². The molecule has 0 bridgehead atoms. The summed E-state index contributed by atoms with van der Waals surface area (Å²) in [6.07, 6.45) is 3.52. The summed E-state index contributed by atoms with van der Waals surface area (Å²) < 4.78 is 31.2. The first-order chi connectivity index (χ1) is 20.8. The molecule has 1 atom stereocenters. The zero-order valence-electron chi connectivity index (χ0n) is 26.5. The molecule has 0 fully saturated rings. The molecule has 0 spiro atoms. The Morgan fingerprint density at radius 1 is 0.977 bits per heavy atom. The fourth-order valence-corrected chi connectivity index (χ4v) is 6.40. The number of nitrogens with one attached hydrogen (secondary N) is 2. The maximum Gasteiger partial charge on any atom is 0.294 e. The second kappa shape index (κ2) is 13.4. The molecule has 5 rings (SSSR count). The van der Waals surface area contributed by atoms with Gasteiger partial charge in [-0.05, 0) is 75.3 Å². The minimum atomic E-state index is -4.00. The first kappa shape index (κ1) is 33.0. The summed E-state index contributed by atoms with van der Waals surface area (Å²) in [5.41, 5.74) is 4.43. The molecule has 0 unspecified atom stereocenters. The van der Waals surface area contributed by atoms with Crippen molar-refractivity contribution in [2.75, 3.05) is 5.32 Å².